The van der Waals surface area contributed by atoms with E-state index < -0.39 is 5.60 Å². The van der Waals surface area contributed by atoms with Crippen LogP contribution in [0.5, 0.6) is 0 Å². The Morgan fingerprint density at radius 1 is 1.53 bits per heavy atom. The summed E-state index contributed by atoms with van der Waals surface area (Å²) in [5, 5.41) is 10.7. The lowest BCUT2D eigenvalue weighted by Gasteiger charge is -2.37. The third-order valence-electron chi connectivity index (χ3n) is 3.67. The molecule has 1 aromatic rings. The fraction of sp³-hybridized carbons (Fsp3) is 0.600. The number of benzene rings is 1. The van der Waals surface area contributed by atoms with Crippen molar-refractivity contribution < 1.29 is 14.2 Å². The Morgan fingerprint density at radius 3 is 3.05 bits per heavy atom. The lowest BCUT2D eigenvalue weighted by Crippen LogP contribution is -2.42. The molecule has 1 N–H and O–H groups in total. The molecule has 106 valence electrons. The SMILES string of the molecule is CCCC1CC(O)(Cc2cc(F)ccc2Br)CCO1. The number of rotatable bonds is 4. The minimum Gasteiger partial charge on any atom is -0.389 e. The highest BCUT2D eigenvalue weighted by Crippen LogP contribution is 2.32. The van der Waals surface area contributed by atoms with Gasteiger partial charge in [-0.25, -0.2) is 4.39 Å². The normalized spacial score (nSPS) is 27.5. The summed E-state index contributed by atoms with van der Waals surface area (Å²) in [4.78, 5) is 0. The van der Waals surface area contributed by atoms with Crippen LogP contribution in [0.1, 0.15) is 38.2 Å². The molecule has 2 nitrogen and oxygen atoms in total. The molecule has 2 unspecified atom stereocenters. The monoisotopic (exact) mass is 330 g/mol. The van der Waals surface area contributed by atoms with Crippen LogP contribution in [0.25, 0.3) is 0 Å². The average molecular weight is 331 g/mol. The van der Waals surface area contributed by atoms with Crippen LogP contribution in [0.15, 0.2) is 22.7 Å². The molecule has 19 heavy (non-hydrogen) atoms. The van der Waals surface area contributed by atoms with Crippen LogP contribution in [-0.2, 0) is 11.2 Å². The van der Waals surface area contributed by atoms with Gasteiger partial charge in [0.1, 0.15) is 5.82 Å². The summed E-state index contributed by atoms with van der Waals surface area (Å²) < 4.78 is 19.8. The molecule has 0 aromatic heterocycles. The fourth-order valence-electron chi connectivity index (χ4n) is 2.70. The van der Waals surface area contributed by atoms with Gasteiger partial charge in [0, 0.05) is 23.9 Å². The van der Waals surface area contributed by atoms with Gasteiger partial charge in [0.2, 0.25) is 0 Å². The molecular weight excluding hydrogens is 311 g/mol. The van der Waals surface area contributed by atoms with E-state index in [2.05, 4.69) is 22.9 Å². The van der Waals surface area contributed by atoms with Crippen LogP contribution < -0.4 is 0 Å². The van der Waals surface area contributed by atoms with Gasteiger partial charge in [0.25, 0.3) is 0 Å². The number of aliphatic hydroxyl groups is 1. The third-order valence-corrected chi connectivity index (χ3v) is 4.44. The molecular formula is C15H20BrFO2. The maximum Gasteiger partial charge on any atom is 0.123 e. The zero-order valence-corrected chi connectivity index (χ0v) is 12.7. The fourth-order valence-corrected chi connectivity index (χ4v) is 3.09. The van der Waals surface area contributed by atoms with Crippen LogP contribution in [0.4, 0.5) is 4.39 Å². The van der Waals surface area contributed by atoms with E-state index in [1.54, 1.807) is 6.07 Å². The summed E-state index contributed by atoms with van der Waals surface area (Å²) >= 11 is 3.42. The van der Waals surface area contributed by atoms with Gasteiger partial charge in [-0.3, -0.25) is 0 Å². The van der Waals surface area contributed by atoms with Crippen LogP contribution in [-0.4, -0.2) is 23.4 Å². The first-order valence-electron chi connectivity index (χ1n) is 6.80. The number of hydrogen-bond donors (Lipinski definition) is 1. The van der Waals surface area contributed by atoms with Crippen molar-refractivity contribution >= 4 is 15.9 Å². The first-order valence-corrected chi connectivity index (χ1v) is 7.59. The zero-order chi connectivity index (χ0) is 13.9. The molecule has 1 saturated heterocycles. The second kappa shape index (κ2) is 6.33. The molecule has 1 aliphatic rings. The van der Waals surface area contributed by atoms with E-state index in [-0.39, 0.29) is 11.9 Å². The van der Waals surface area contributed by atoms with Crippen LogP contribution >= 0.6 is 15.9 Å². The highest BCUT2D eigenvalue weighted by Gasteiger charge is 2.35. The van der Waals surface area contributed by atoms with E-state index in [4.69, 9.17) is 4.74 Å². The van der Waals surface area contributed by atoms with E-state index in [0.717, 1.165) is 22.9 Å². The lowest BCUT2D eigenvalue weighted by molar-refractivity contribution is -0.105. The van der Waals surface area contributed by atoms with E-state index in [1.807, 2.05) is 0 Å². The Bertz CT molecular complexity index is 436. The smallest absolute Gasteiger partial charge is 0.123 e. The van der Waals surface area contributed by atoms with Crippen molar-refractivity contribution in [3.63, 3.8) is 0 Å². The summed E-state index contributed by atoms with van der Waals surface area (Å²) in [6.45, 7) is 2.69. The Balaban J connectivity index is 2.09. The molecule has 1 fully saturated rings. The predicted octanol–water partition coefficient (Wildman–Crippen LogP) is 3.84. The van der Waals surface area contributed by atoms with Crippen molar-refractivity contribution in [1.29, 1.82) is 0 Å². The van der Waals surface area contributed by atoms with Gasteiger partial charge in [-0.05, 0) is 36.6 Å². The Morgan fingerprint density at radius 2 is 2.32 bits per heavy atom. The quantitative estimate of drug-likeness (QED) is 0.908. The van der Waals surface area contributed by atoms with Gasteiger partial charge in [-0.15, -0.1) is 0 Å². The maximum atomic E-state index is 13.3. The van der Waals surface area contributed by atoms with Crippen molar-refractivity contribution in [1.82, 2.24) is 0 Å². The summed E-state index contributed by atoms with van der Waals surface area (Å²) in [7, 11) is 0. The molecule has 1 aliphatic heterocycles. The topological polar surface area (TPSA) is 29.5 Å². The molecule has 0 amide bonds. The third kappa shape index (κ3) is 4.01. The van der Waals surface area contributed by atoms with Crippen molar-refractivity contribution in [2.75, 3.05) is 6.61 Å². The van der Waals surface area contributed by atoms with Gasteiger partial charge in [0.15, 0.2) is 0 Å². The Kier molecular flexibility index (Phi) is 4.98. The van der Waals surface area contributed by atoms with E-state index >= 15 is 0 Å². The summed E-state index contributed by atoms with van der Waals surface area (Å²) in [6, 6.07) is 4.60. The van der Waals surface area contributed by atoms with Crippen molar-refractivity contribution in [3.05, 3.63) is 34.1 Å². The van der Waals surface area contributed by atoms with Gasteiger partial charge in [-0.1, -0.05) is 29.3 Å². The molecule has 2 rings (SSSR count). The summed E-state index contributed by atoms with van der Waals surface area (Å²) in [5.41, 5.74) is 0.0358. The summed E-state index contributed by atoms with van der Waals surface area (Å²) in [6.07, 6.45) is 3.84. The highest BCUT2D eigenvalue weighted by atomic mass is 79.9. The molecule has 1 aromatic carbocycles. The van der Waals surface area contributed by atoms with Gasteiger partial charge in [-0.2, -0.15) is 0 Å². The minimum atomic E-state index is -0.783. The Hall–Kier alpha value is -0.450. The molecule has 4 heteroatoms. The molecule has 0 radical (unpaired) electrons. The second-order valence-corrected chi connectivity index (χ2v) is 6.23. The highest BCUT2D eigenvalue weighted by molar-refractivity contribution is 9.10. The van der Waals surface area contributed by atoms with Crippen molar-refractivity contribution in [2.24, 2.45) is 0 Å². The number of ether oxygens (including phenoxy) is 1. The van der Waals surface area contributed by atoms with Gasteiger partial charge >= 0.3 is 0 Å². The second-order valence-electron chi connectivity index (χ2n) is 5.37. The Labute approximate surface area is 122 Å². The lowest BCUT2D eigenvalue weighted by atomic mass is 9.83. The van der Waals surface area contributed by atoms with E-state index in [9.17, 15) is 9.50 Å². The minimum absolute atomic E-state index is 0.121. The zero-order valence-electron chi connectivity index (χ0n) is 11.2. The molecule has 1 heterocycles. The summed E-state index contributed by atoms with van der Waals surface area (Å²) in [5.74, 6) is -0.265. The van der Waals surface area contributed by atoms with Gasteiger partial charge < -0.3 is 9.84 Å². The van der Waals surface area contributed by atoms with Crippen LogP contribution in [0, 0.1) is 5.82 Å². The molecule has 0 aliphatic carbocycles. The van der Waals surface area contributed by atoms with Crippen LogP contribution in [0.2, 0.25) is 0 Å². The predicted molar refractivity (Wildman–Crippen MR) is 76.6 cm³/mol. The number of halogens is 2. The molecule has 0 spiro atoms. The van der Waals surface area contributed by atoms with Gasteiger partial charge in [0.05, 0.1) is 11.7 Å². The van der Waals surface area contributed by atoms with Crippen LogP contribution in [0.3, 0.4) is 0 Å². The van der Waals surface area contributed by atoms with Crippen molar-refractivity contribution in [3.8, 4) is 0 Å². The van der Waals surface area contributed by atoms with E-state index in [1.165, 1.54) is 12.1 Å². The molecule has 0 saturated carbocycles. The molecule has 2 atom stereocenters. The largest absolute Gasteiger partial charge is 0.389 e. The maximum absolute atomic E-state index is 13.3. The first kappa shape index (κ1) is 14.9. The first-order chi connectivity index (χ1) is 9.02. The van der Waals surface area contributed by atoms with Crippen molar-refractivity contribution in [2.45, 2.75) is 50.7 Å². The molecule has 0 bridgehead atoms. The van der Waals surface area contributed by atoms with E-state index in [0.29, 0.717) is 25.9 Å². The number of hydrogen-bond acceptors (Lipinski definition) is 2. The standard InChI is InChI=1S/C15H20BrFO2/c1-2-3-13-10-15(18,6-7-19-13)9-11-8-12(17)4-5-14(11)16/h4-5,8,13,18H,2-3,6-7,9-10H2,1H3. The average Bonchev–Trinajstić information content (AvgIpc) is 2.34.